The van der Waals surface area contributed by atoms with Gasteiger partial charge in [-0.25, -0.2) is 4.39 Å². The van der Waals surface area contributed by atoms with Crippen molar-refractivity contribution in [2.75, 3.05) is 18.0 Å². The maximum absolute atomic E-state index is 13.0. The number of likely N-dealkylation sites (N-methyl/N-ethyl adjacent to an activating group) is 1. The highest BCUT2D eigenvalue weighted by molar-refractivity contribution is 6.00. The molecule has 2 aromatic carbocycles. The van der Waals surface area contributed by atoms with Gasteiger partial charge in [-0.3, -0.25) is 4.79 Å². The first-order chi connectivity index (χ1) is 10.0. The van der Waals surface area contributed by atoms with Gasteiger partial charge in [0.15, 0.2) is 5.78 Å². The lowest BCUT2D eigenvalue weighted by Gasteiger charge is -2.22. The van der Waals surface area contributed by atoms with Crippen molar-refractivity contribution in [3.63, 3.8) is 0 Å². The predicted molar refractivity (Wildman–Crippen MR) is 84.5 cm³/mol. The highest BCUT2D eigenvalue weighted by Gasteiger charge is 2.14. The molecule has 21 heavy (non-hydrogen) atoms. The number of anilines is 1. The molecule has 0 N–H and O–H groups in total. The van der Waals surface area contributed by atoms with Crippen molar-refractivity contribution in [1.29, 1.82) is 0 Å². The third-order valence-corrected chi connectivity index (χ3v) is 3.59. The maximum Gasteiger partial charge on any atom is 0.182 e. The van der Waals surface area contributed by atoms with E-state index >= 15 is 0 Å². The zero-order valence-corrected chi connectivity index (χ0v) is 12.7. The van der Waals surface area contributed by atoms with Gasteiger partial charge in [0.2, 0.25) is 0 Å². The van der Waals surface area contributed by atoms with Gasteiger partial charge in [0.05, 0.1) is 6.54 Å². The van der Waals surface area contributed by atoms with E-state index in [0.717, 1.165) is 22.4 Å². The van der Waals surface area contributed by atoms with Gasteiger partial charge in [-0.15, -0.1) is 0 Å². The number of hydrogen-bond donors (Lipinski definition) is 0. The van der Waals surface area contributed by atoms with Crippen LogP contribution in [0.2, 0.25) is 0 Å². The summed E-state index contributed by atoms with van der Waals surface area (Å²) in [5, 5.41) is 0. The van der Waals surface area contributed by atoms with Crippen molar-refractivity contribution < 1.29 is 9.18 Å². The third-order valence-electron chi connectivity index (χ3n) is 3.59. The summed E-state index contributed by atoms with van der Waals surface area (Å²) in [5.41, 5.74) is 3.75. The molecule has 2 aromatic rings. The summed E-state index contributed by atoms with van der Waals surface area (Å²) in [5.74, 6) is -0.186. The van der Waals surface area contributed by atoms with E-state index in [1.165, 1.54) is 12.1 Å². The van der Waals surface area contributed by atoms with Crippen molar-refractivity contribution in [1.82, 2.24) is 0 Å². The Morgan fingerprint density at radius 1 is 1.10 bits per heavy atom. The first kappa shape index (κ1) is 15.2. The Hall–Kier alpha value is -2.16. The monoisotopic (exact) mass is 285 g/mol. The van der Waals surface area contributed by atoms with Crippen LogP contribution in [0.25, 0.3) is 0 Å². The van der Waals surface area contributed by atoms with Crippen LogP contribution in [0.15, 0.2) is 42.5 Å². The Labute approximate surface area is 125 Å². The summed E-state index contributed by atoms with van der Waals surface area (Å²) < 4.78 is 13.0. The van der Waals surface area contributed by atoms with Crippen LogP contribution in [0, 0.1) is 19.7 Å². The van der Waals surface area contributed by atoms with Crippen LogP contribution in [0.3, 0.4) is 0 Å². The van der Waals surface area contributed by atoms with Crippen molar-refractivity contribution in [2.24, 2.45) is 0 Å². The Kier molecular flexibility index (Phi) is 4.73. The minimum Gasteiger partial charge on any atom is -0.364 e. The average Bonchev–Trinajstić information content (AvgIpc) is 2.45. The first-order valence-corrected chi connectivity index (χ1v) is 7.12. The van der Waals surface area contributed by atoms with Crippen molar-refractivity contribution >= 4 is 11.5 Å². The van der Waals surface area contributed by atoms with Gasteiger partial charge in [0, 0.05) is 17.8 Å². The highest BCUT2D eigenvalue weighted by Crippen LogP contribution is 2.17. The quantitative estimate of drug-likeness (QED) is 0.769. The number of aryl methyl sites for hydroxylation is 2. The molecule has 0 heterocycles. The molecule has 0 unspecified atom stereocenters. The number of Topliss-reactive ketones (excluding diaryl/α,β-unsaturated/α-hetero) is 1. The van der Waals surface area contributed by atoms with Crippen LogP contribution in [-0.4, -0.2) is 18.9 Å². The number of halogens is 1. The molecule has 0 radical (unpaired) electrons. The second kappa shape index (κ2) is 6.53. The molecule has 2 nitrogen and oxygen atoms in total. The number of carbonyl (C=O) groups is 1. The van der Waals surface area contributed by atoms with E-state index in [1.54, 1.807) is 12.1 Å². The van der Waals surface area contributed by atoms with E-state index in [0.29, 0.717) is 13.1 Å². The zero-order valence-electron chi connectivity index (χ0n) is 12.7. The van der Waals surface area contributed by atoms with E-state index in [2.05, 4.69) is 0 Å². The molecule has 0 amide bonds. The smallest absolute Gasteiger partial charge is 0.182 e. The topological polar surface area (TPSA) is 20.3 Å². The Morgan fingerprint density at radius 2 is 1.76 bits per heavy atom. The molecule has 0 aliphatic rings. The first-order valence-electron chi connectivity index (χ1n) is 7.12. The molecule has 2 rings (SSSR count). The van der Waals surface area contributed by atoms with E-state index in [4.69, 9.17) is 0 Å². The molecule has 0 aliphatic heterocycles. The number of nitrogens with zero attached hydrogens (tertiary/aromatic N) is 1. The molecule has 0 spiro atoms. The van der Waals surface area contributed by atoms with Gasteiger partial charge in [-0.1, -0.05) is 23.8 Å². The Morgan fingerprint density at radius 3 is 2.33 bits per heavy atom. The predicted octanol–water partition coefficient (Wildman–Crippen LogP) is 4.15. The van der Waals surface area contributed by atoms with Gasteiger partial charge < -0.3 is 4.90 Å². The minimum absolute atomic E-state index is 0.0821. The minimum atomic E-state index is -0.268. The molecule has 0 saturated carbocycles. The second-order valence-electron chi connectivity index (χ2n) is 5.23. The van der Waals surface area contributed by atoms with Crippen LogP contribution in [0.1, 0.15) is 28.4 Å². The van der Waals surface area contributed by atoms with Gasteiger partial charge in [0.1, 0.15) is 5.82 Å². The molecule has 0 bridgehead atoms. The molecule has 110 valence electrons. The van der Waals surface area contributed by atoms with E-state index in [1.807, 2.05) is 43.9 Å². The summed E-state index contributed by atoms with van der Waals surface area (Å²) >= 11 is 0. The molecule has 0 saturated heterocycles. The fraction of sp³-hybridized carbons (Fsp3) is 0.278. The molecular formula is C18H20FNO. The van der Waals surface area contributed by atoms with Crippen LogP contribution >= 0.6 is 0 Å². The van der Waals surface area contributed by atoms with Crippen LogP contribution in [0.5, 0.6) is 0 Å². The van der Waals surface area contributed by atoms with E-state index in [9.17, 15) is 9.18 Å². The summed E-state index contributed by atoms with van der Waals surface area (Å²) in [6, 6.07) is 12.1. The third kappa shape index (κ3) is 3.69. The molecule has 0 atom stereocenters. The average molecular weight is 285 g/mol. The number of carbonyl (C=O) groups excluding carboxylic acids is 1. The fourth-order valence-electron chi connectivity index (χ4n) is 2.42. The number of ketones is 1. The zero-order chi connectivity index (χ0) is 15.4. The van der Waals surface area contributed by atoms with Crippen LogP contribution in [0.4, 0.5) is 10.1 Å². The lowest BCUT2D eigenvalue weighted by Crippen LogP contribution is -2.30. The lowest BCUT2D eigenvalue weighted by atomic mass is 10.0. The summed E-state index contributed by atoms with van der Waals surface area (Å²) in [4.78, 5) is 14.4. The molecule has 0 fully saturated rings. The van der Waals surface area contributed by atoms with Crippen molar-refractivity contribution in [3.05, 3.63) is 65.0 Å². The van der Waals surface area contributed by atoms with Crippen molar-refractivity contribution in [2.45, 2.75) is 20.8 Å². The van der Waals surface area contributed by atoms with E-state index < -0.39 is 0 Å². The molecule has 3 heteroatoms. The Bertz CT molecular complexity index is 634. The maximum atomic E-state index is 13.0. The standard InChI is InChI=1S/C18H20FNO/c1-4-20(16-8-6-15(19)7-9-16)12-18(21)17-10-5-13(2)11-14(17)3/h5-11H,4,12H2,1-3H3. The van der Waals surface area contributed by atoms with Gasteiger partial charge in [0.25, 0.3) is 0 Å². The number of hydrogen-bond acceptors (Lipinski definition) is 2. The van der Waals surface area contributed by atoms with Crippen molar-refractivity contribution in [3.8, 4) is 0 Å². The second-order valence-corrected chi connectivity index (χ2v) is 5.23. The lowest BCUT2D eigenvalue weighted by molar-refractivity contribution is 0.0998. The van der Waals surface area contributed by atoms with Crippen LogP contribution in [-0.2, 0) is 0 Å². The van der Waals surface area contributed by atoms with Gasteiger partial charge in [-0.2, -0.15) is 0 Å². The molecule has 0 aliphatic carbocycles. The molecular weight excluding hydrogens is 265 g/mol. The fourth-order valence-corrected chi connectivity index (χ4v) is 2.42. The summed E-state index contributed by atoms with van der Waals surface area (Å²) in [7, 11) is 0. The Balaban J connectivity index is 2.18. The largest absolute Gasteiger partial charge is 0.364 e. The van der Waals surface area contributed by atoms with Gasteiger partial charge in [-0.05, 0) is 50.6 Å². The normalized spacial score (nSPS) is 10.5. The molecule has 0 aromatic heterocycles. The number of rotatable bonds is 5. The van der Waals surface area contributed by atoms with Crippen LogP contribution < -0.4 is 4.90 Å². The summed E-state index contributed by atoms with van der Waals surface area (Å²) in [6.07, 6.45) is 0. The highest BCUT2D eigenvalue weighted by atomic mass is 19.1. The number of benzene rings is 2. The summed E-state index contributed by atoms with van der Waals surface area (Å²) in [6.45, 7) is 6.94. The SMILES string of the molecule is CCN(CC(=O)c1ccc(C)cc1C)c1ccc(F)cc1. The van der Waals surface area contributed by atoms with E-state index in [-0.39, 0.29) is 11.6 Å². The van der Waals surface area contributed by atoms with Gasteiger partial charge >= 0.3 is 0 Å².